The quantitative estimate of drug-likeness (QED) is 0.612. The molecule has 1 aromatic rings. The lowest BCUT2D eigenvalue weighted by atomic mass is 10.2. The number of hydrogen-bond donors (Lipinski definition) is 0. The largest absolute Gasteiger partial charge is 0.411 e. The molecule has 0 amide bonds. The second kappa shape index (κ2) is 6.06. The van der Waals surface area contributed by atoms with Crippen molar-refractivity contribution in [2.75, 3.05) is 6.26 Å². The lowest BCUT2D eigenvalue weighted by molar-refractivity contribution is 0.268. The van der Waals surface area contributed by atoms with Crippen molar-refractivity contribution in [3.8, 4) is 5.75 Å². The van der Waals surface area contributed by atoms with Gasteiger partial charge in [-0.25, -0.2) is 0 Å². The molecule has 0 atom stereocenters. The zero-order valence-electron chi connectivity index (χ0n) is 13.9. The zero-order valence-corrected chi connectivity index (χ0v) is 15.7. The summed E-state index contributed by atoms with van der Waals surface area (Å²) in [5.74, 6) is 0.238. The van der Waals surface area contributed by atoms with Gasteiger partial charge in [-0.15, -0.1) is 0 Å². The summed E-state index contributed by atoms with van der Waals surface area (Å²) in [6, 6.07) is 3.34. The maximum atomic E-state index is 11.3. The van der Waals surface area contributed by atoms with Crippen LogP contribution in [0.15, 0.2) is 12.1 Å². The summed E-state index contributed by atoms with van der Waals surface area (Å²) in [7, 11) is -5.51. The van der Waals surface area contributed by atoms with E-state index in [2.05, 4.69) is 38.8 Å². The van der Waals surface area contributed by atoms with E-state index in [0.29, 0.717) is 5.69 Å². The van der Waals surface area contributed by atoms with Crippen LogP contribution in [-0.2, 0) is 21.2 Å². The van der Waals surface area contributed by atoms with Crippen molar-refractivity contribution in [1.29, 1.82) is 0 Å². The van der Waals surface area contributed by atoms with Crippen molar-refractivity contribution in [2.45, 2.75) is 52.4 Å². The number of aromatic nitrogens is 1. The lowest BCUT2D eigenvalue weighted by Gasteiger charge is -2.36. The standard InChI is InChI=1S/C14H25NO4SSi/c1-11-8-9-13(19-20(5,16)17)12(15-11)10-18-21(6,7)14(2,3)4/h8-9H,10H2,1-7H3. The highest BCUT2D eigenvalue weighted by Gasteiger charge is 2.37. The fraction of sp³-hybridized carbons (Fsp3) is 0.643. The molecule has 0 aliphatic carbocycles. The Morgan fingerprint density at radius 1 is 1.24 bits per heavy atom. The van der Waals surface area contributed by atoms with Gasteiger partial charge in [-0.05, 0) is 37.2 Å². The van der Waals surface area contributed by atoms with Crippen LogP contribution in [0.25, 0.3) is 0 Å². The molecule has 0 radical (unpaired) electrons. The van der Waals surface area contributed by atoms with E-state index in [4.69, 9.17) is 8.61 Å². The van der Waals surface area contributed by atoms with Crippen LogP contribution in [0, 0.1) is 6.92 Å². The van der Waals surface area contributed by atoms with E-state index in [0.717, 1.165) is 11.9 Å². The van der Waals surface area contributed by atoms with E-state index >= 15 is 0 Å². The number of aryl methyl sites for hydroxylation is 1. The highest BCUT2D eigenvalue weighted by molar-refractivity contribution is 7.86. The first-order chi connectivity index (χ1) is 9.32. The van der Waals surface area contributed by atoms with Gasteiger partial charge >= 0.3 is 10.1 Å². The Kier molecular flexibility index (Phi) is 5.23. The fourth-order valence-electron chi connectivity index (χ4n) is 1.41. The van der Waals surface area contributed by atoms with Gasteiger partial charge in [0.2, 0.25) is 0 Å². The van der Waals surface area contributed by atoms with Crippen LogP contribution in [0.5, 0.6) is 5.75 Å². The van der Waals surface area contributed by atoms with Gasteiger partial charge in [0.1, 0.15) is 5.69 Å². The van der Waals surface area contributed by atoms with Gasteiger partial charge in [0.15, 0.2) is 14.1 Å². The van der Waals surface area contributed by atoms with Gasteiger partial charge in [0, 0.05) is 5.69 Å². The Hall–Kier alpha value is -0.923. The first-order valence-electron chi connectivity index (χ1n) is 6.82. The van der Waals surface area contributed by atoms with Gasteiger partial charge < -0.3 is 8.61 Å². The predicted octanol–water partition coefficient (Wildman–Crippen LogP) is 3.25. The highest BCUT2D eigenvalue weighted by Crippen LogP contribution is 2.37. The monoisotopic (exact) mass is 331 g/mol. The second-order valence-electron chi connectivity index (χ2n) is 6.73. The van der Waals surface area contributed by atoms with E-state index in [1.165, 1.54) is 0 Å². The predicted molar refractivity (Wildman–Crippen MR) is 86.4 cm³/mol. The van der Waals surface area contributed by atoms with E-state index in [1.54, 1.807) is 12.1 Å². The number of nitrogens with zero attached hydrogens (tertiary/aromatic N) is 1. The summed E-state index contributed by atoms with van der Waals surface area (Å²) in [5, 5.41) is 0.0781. The summed E-state index contributed by atoms with van der Waals surface area (Å²) >= 11 is 0. The summed E-state index contributed by atoms with van der Waals surface area (Å²) in [6.07, 6.45) is 1.02. The van der Waals surface area contributed by atoms with Gasteiger partial charge in [0.05, 0.1) is 12.9 Å². The maximum Gasteiger partial charge on any atom is 0.306 e. The molecule has 0 spiro atoms. The molecule has 120 valence electrons. The van der Waals surface area contributed by atoms with E-state index < -0.39 is 18.4 Å². The molecule has 0 aliphatic heterocycles. The van der Waals surface area contributed by atoms with Crippen LogP contribution in [0.2, 0.25) is 18.1 Å². The molecule has 0 aromatic carbocycles. The van der Waals surface area contributed by atoms with E-state index in [-0.39, 0.29) is 17.4 Å². The van der Waals surface area contributed by atoms with Crippen LogP contribution in [0.1, 0.15) is 32.2 Å². The third kappa shape index (κ3) is 5.41. The summed E-state index contributed by atoms with van der Waals surface area (Å²) in [6.45, 7) is 12.8. The summed E-state index contributed by atoms with van der Waals surface area (Å²) in [4.78, 5) is 4.35. The van der Waals surface area contributed by atoms with Crippen molar-refractivity contribution < 1.29 is 17.0 Å². The molecule has 0 N–H and O–H groups in total. The third-order valence-corrected chi connectivity index (χ3v) is 8.65. The topological polar surface area (TPSA) is 65.5 Å². The molecule has 21 heavy (non-hydrogen) atoms. The van der Waals surface area contributed by atoms with Gasteiger partial charge in [-0.1, -0.05) is 20.8 Å². The Labute approximate surface area is 129 Å². The van der Waals surface area contributed by atoms with Crippen molar-refractivity contribution in [3.63, 3.8) is 0 Å². The van der Waals surface area contributed by atoms with Crippen molar-refractivity contribution >= 4 is 18.4 Å². The van der Waals surface area contributed by atoms with Crippen LogP contribution in [0.3, 0.4) is 0 Å². The smallest absolute Gasteiger partial charge is 0.306 e. The van der Waals surface area contributed by atoms with Gasteiger partial charge in [-0.2, -0.15) is 8.42 Å². The Balaban J connectivity index is 3.00. The van der Waals surface area contributed by atoms with Crippen LogP contribution >= 0.6 is 0 Å². The molecule has 0 fully saturated rings. The molecule has 0 unspecified atom stereocenters. The zero-order chi connectivity index (χ0) is 16.5. The molecule has 1 aromatic heterocycles. The lowest BCUT2D eigenvalue weighted by Crippen LogP contribution is -2.40. The Morgan fingerprint density at radius 3 is 2.29 bits per heavy atom. The Bertz CT molecular complexity index is 606. The fourth-order valence-corrected chi connectivity index (χ4v) is 2.81. The number of rotatable bonds is 5. The van der Waals surface area contributed by atoms with Crippen molar-refractivity contribution in [1.82, 2.24) is 4.98 Å². The van der Waals surface area contributed by atoms with Crippen LogP contribution < -0.4 is 4.18 Å². The molecule has 0 saturated heterocycles. The molecular formula is C14H25NO4SSi. The van der Waals surface area contributed by atoms with Gasteiger partial charge in [0.25, 0.3) is 0 Å². The van der Waals surface area contributed by atoms with Crippen LogP contribution in [0.4, 0.5) is 0 Å². The van der Waals surface area contributed by atoms with Crippen molar-refractivity contribution in [3.05, 3.63) is 23.5 Å². The minimum absolute atomic E-state index is 0.0781. The van der Waals surface area contributed by atoms with E-state index in [1.807, 2.05) is 6.92 Å². The summed E-state index contributed by atoms with van der Waals surface area (Å²) < 4.78 is 33.7. The minimum atomic E-state index is -3.58. The first kappa shape index (κ1) is 18.1. The average molecular weight is 332 g/mol. The van der Waals surface area contributed by atoms with Crippen molar-refractivity contribution in [2.24, 2.45) is 0 Å². The van der Waals surface area contributed by atoms with Crippen LogP contribution in [-0.4, -0.2) is 28.0 Å². The normalized spacial score (nSPS) is 13.3. The second-order valence-corrected chi connectivity index (χ2v) is 13.1. The molecule has 1 rings (SSSR count). The first-order valence-corrected chi connectivity index (χ1v) is 11.5. The van der Waals surface area contributed by atoms with Gasteiger partial charge in [-0.3, -0.25) is 4.98 Å². The molecule has 0 bridgehead atoms. The molecule has 1 heterocycles. The van der Waals surface area contributed by atoms with E-state index in [9.17, 15) is 8.42 Å². The SMILES string of the molecule is Cc1ccc(OS(C)(=O)=O)c(CO[Si](C)(C)C(C)(C)C)n1. The molecule has 0 saturated carbocycles. The minimum Gasteiger partial charge on any atom is -0.411 e. The molecule has 0 aliphatic rings. The number of pyridine rings is 1. The Morgan fingerprint density at radius 2 is 1.81 bits per heavy atom. The summed E-state index contributed by atoms with van der Waals surface area (Å²) in [5.41, 5.74) is 1.31. The third-order valence-electron chi connectivity index (χ3n) is 3.69. The molecular weight excluding hydrogens is 306 g/mol. The highest BCUT2D eigenvalue weighted by atomic mass is 32.2. The average Bonchev–Trinajstić information content (AvgIpc) is 2.26. The maximum absolute atomic E-state index is 11.3. The molecule has 7 heteroatoms. The number of hydrogen-bond acceptors (Lipinski definition) is 5. The molecule has 5 nitrogen and oxygen atoms in total.